The number of anilines is 1. The standard InChI is InChI=1S/C14H20N2O/c15-14-10-4-2-1-3-5-12(10)16-13-8-9(17)6-7-11(13)14/h6-8,10,12,14,16-17H,1-5,15H2. The highest BCUT2D eigenvalue weighted by atomic mass is 16.3. The van der Waals surface area contributed by atoms with E-state index in [1.165, 1.54) is 32.1 Å². The van der Waals surface area contributed by atoms with Gasteiger partial charge in [0.05, 0.1) is 0 Å². The molecule has 0 bridgehead atoms. The van der Waals surface area contributed by atoms with Crippen molar-refractivity contribution >= 4 is 5.69 Å². The number of aromatic hydroxyl groups is 1. The molecule has 3 heteroatoms. The quantitative estimate of drug-likeness (QED) is 0.644. The summed E-state index contributed by atoms with van der Waals surface area (Å²) in [4.78, 5) is 0. The van der Waals surface area contributed by atoms with Gasteiger partial charge in [0.15, 0.2) is 0 Å². The number of phenols is 1. The lowest BCUT2D eigenvalue weighted by Crippen LogP contribution is -2.40. The second kappa shape index (κ2) is 4.22. The Morgan fingerprint density at radius 3 is 2.88 bits per heavy atom. The first kappa shape index (κ1) is 10.9. The summed E-state index contributed by atoms with van der Waals surface area (Å²) in [7, 11) is 0. The van der Waals surface area contributed by atoms with Crippen LogP contribution in [0.2, 0.25) is 0 Å². The van der Waals surface area contributed by atoms with Gasteiger partial charge in [-0.2, -0.15) is 0 Å². The van der Waals surface area contributed by atoms with Crippen LogP contribution in [0.25, 0.3) is 0 Å². The van der Waals surface area contributed by atoms with E-state index in [-0.39, 0.29) is 6.04 Å². The van der Waals surface area contributed by atoms with Crippen molar-refractivity contribution in [2.45, 2.75) is 44.2 Å². The van der Waals surface area contributed by atoms with E-state index in [9.17, 15) is 5.11 Å². The molecule has 0 amide bonds. The van der Waals surface area contributed by atoms with Crippen molar-refractivity contribution in [2.75, 3.05) is 5.32 Å². The van der Waals surface area contributed by atoms with Gasteiger partial charge in [-0.1, -0.05) is 25.3 Å². The van der Waals surface area contributed by atoms with E-state index < -0.39 is 0 Å². The molecule has 2 aliphatic rings. The number of fused-ring (bicyclic) bond motifs is 2. The molecule has 3 atom stereocenters. The first-order valence-corrected chi connectivity index (χ1v) is 6.61. The highest BCUT2D eigenvalue weighted by Gasteiger charge is 2.34. The maximum absolute atomic E-state index is 9.55. The Labute approximate surface area is 102 Å². The predicted octanol–water partition coefficient (Wildman–Crippen LogP) is 2.77. The van der Waals surface area contributed by atoms with Gasteiger partial charge in [-0.3, -0.25) is 0 Å². The molecule has 3 unspecified atom stereocenters. The Kier molecular flexibility index (Phi) is 2.71. The molecule has 1 aliphatic carbocycles. The molecule has 4 N–H and O–H groups in total. The van der Waals surface area contributed by atoms with Crippen LogP contribution in [-0.4, -0.2) is 11.1 Å². The zero-order valence-electron chi connectivity index (χ0n) is 10.0. The van der Waals surface area contributed by atoms with Crippen LogP contribution in [-0.2, 0) is 0 Å². The molecule has 1 aromatic rings. The summed E-state index contributed by atoms with van der Waals surface area (Å²) in [5.41, 5.74) is 8.59. The van der Waals surface area contributed by atoms with Gasteiger partial charge in [0.1, 0.15) is 5.75 Å². The Morgan fingerprint density at radius 1 is 1.18 bits per heavy atom. The molecule has 1 aromatic carbocycles. The third-order valence-corrected chi connectivity index (χ3v) is 4.27. The summed E-state index contributed by atoms with van der Waals surface area (Å²) in [6.07, 6.45) is 6.33. The number of hydrogen-bond donors (Lipinski definition) is 3. The lowest BCUT2D eigenvalue weighted by Gasteiger charge is -2.38. The molecule has 1 fully saturated rings. The second-order valence-corrected chi connectivity index (χ2v) is 5.35. The fourth-order valence-corrected chi connectivity index (χ4v) is 3.34. The molecule has 0 saturated heterocycles. The monoisotopic (exact) mass is 232 g/mol. The van der Waals surface area contributed by atoms with Gasteiger partial charge in [0, 0.05) is 23.8 Å². The number of phenolic OH excluding ortho intramolecular Hbond substituents is 1. The molecule has 17 heavy (non-hydrogen) atoms. The third-order valence-electron chi connectivity index (χ3n) is 4.27. The summed E-state index contributed by atoms with van der Waals surface area (Å²) in [6.45, 7) is 0. The van der Waals surface area contributed by atoms with E-state index in [0.29, 0.717) is 17.7 Å². The van der Waals surface area contributed by atoms with Crippen LogP contribution in [0.1, 0.15) is 43.7 Å². The molecule has 0 spiro atoms. The Balaban J connectivity index is 1.97. The molecule has 0 radical (unpaired) electrons. The minimum Gasteiger partial charge on any atom is -0.508 e. The topological polar surface area (TPSA) is 58.3 Å². The van der Waals surface area contributed by atoms with Crippen molar-refractivity contribution in [3.63, 3.8) is 0 Å². The van der Waals surface area contributed by atoms with Gasteiger partial charge in [-0.05, 0) is 30.4 Å². The second-order valence-electron chi connectivity index (χ2n) is 5.35. The summed E-state index contributed by atoms with van der Waals surface area (Å²) >= 11 is 0. The van der Waals surface area contributed by atoms with Crippen LogP contribution >= 0.6 is 0 Å². The van der Waals surface area contributed by atoms with E-state index in [2.05, 4.69) is 5.32 Å². The zero-order valence-corrected chi connectivity index (χ0v) is 10.0. The fraction of sp³-hybridized carbons (Fsp3) is 0.571. The minimum atomic E-state index is 0.120. The van der Waals surface area contributed by atoms with Crippen LogP contribution in [0.5, 0.6) is 5.75 Å². The maximum Gasteiger partial charge on any atom is 0.117 e. The first-order chi connectivity index (χ1) is 8.25. The fourth-order valence-electron chi connectivity index (χ4n) is 3.34. The van der Waals surface area contributed by atoms with Crippen molar-refractivity contribution in [2.24, 2.45) is 11.7 Å². The average molecular weight is 232 g/mol. The molecule has 3 rings (SSSR count). The van der Waals surface area contributed by atoms with E-state index in [1.807, 2.05) is 6.07 Å². The molecule has 3 nitrogen and oxygen atoms in total. The van der Waals surface area contributed by atoms with Crippen molar-refractivity contribution in [1.82, 2.24) is 0 Å². The predicted molar refractivity (Wildman–Crippen MR) is 69.0 cm³/mol. The van der Waals surface area contributed by atoms with E-state index in [0.717, 1.165) is 11.3 Å². The van der Waals surface area contributed by atoms with E-state index in [1.54, 1.807) is 12.1 Å². The highest BCUT2D eigenvalue weighted by molar-refractivity contribution is 5.59. The number of benzene rings is 1. The van der Waals surface area contributed by atoms with Crippen molar-refractivity contribution in [1.29, 1.82) is 0 Å². The maximum atomic E-state index is 9.55. The molecule has 0 aromatic heterocycles. The van der Waals surface area contributed by atoms with E-state index >= 15 is 0 Å². The van der Waals surface area contributed by atoms with Gasteiger partial charge in [0.2, 0.25) is 0 Å². The van der Waals surface area contributed by atoms with Crippen LogP contribution in [0.3, 0.4) is 0 Å². The molecule has 1 aliphatic heterocycles. The lowest BCUT2D eigenvalue weighted by atomic mass is 9.80. The minimum absolute atomic E-state index is 0.120. The number of nitrogens with one attached hydrogen (secondary N) is 1. The molecule has 1 heterocycles. The number of nitrogens with two attached hydrogens (primary N) is 1. The summed E-state index contributed by atoms with van der Waals surface area (Å²) in [6, 6.07) is 6.11. The Bertz CT molecular complexity index is 419. The van der Waals surface area contributed by atoms with Crippen molar-refractivity contribution in [3.05, 3.63) is 23.8 Å². The van der Waals surface area contributed by atoms with Crippen molar-refractivity contribution in [3.8, 4) is 5.75 Å². The number of rotatable bonds is 0. The molecule has 1 saturated carbocycles. The molecular weight excluding hydrogens is 212 g/mol. The summed E-state index contributed by atoms with van der Waals surface area (Å²) in [5.74, 6) is 0.866. The Morgan fingerprint density at radius 2 is 2.00 bits per heavy atom. The van der Waals surface area contributed by atoms with Crippen LogP contribution in [0.4, 0.5) is 5.69 Å². The molecule has 92 valence electrons. The van der Waals surface area contributed by atoms with Crippen molar-refractivity contribution < 1.29 is 5.11 Å². The smallest absolute Gasteiger partial charge is 0.117 e. The highest BCUT2D eigenvalue weighted by Crippen LogP contribution is 2.41. The SMILES string of the molecule is NC1c2ccc(O)cc2NC2CCCCCC21. The summed E-state index contributed by atoms with van der Waals surface area (Å²) in [5, 5.41) is 13.1. The van der Waals surface area contributed by atoms with Crippen LogP contribution in [0.15, 0.2) is 18.2 Å². The largest absolute Gasteiger partial charge is 0.508 e. The lowest BCUT2D eigenvalue weighted by molar-refractivity contribution is 0.339. The van der Waals surface area contributed by atoms with Gasteiger partial charge in [-0.25, -0.2) is 0 Å². The molecular formula is C14H20N2O. The Hall–Kier alpha value is -1.22. The van der Waals surface area contributed by atoms with Crippen LogP contribution in [0, 0.1) is 5.92 Å². The normalized spacial score (nSPS) is 31.9. The van der Waals surface area contributed by atoms with Gasteiger partial charge >= 0.3 is 0 Å². The third kappa shape index (κ3) is 1.89. The van der Waals surface area contributed by atoms with Gasteiger partial charge < -0.3 is 16.2 Å². The van der Waals surface area contributed by atoms with Gasteiger partial charge in [-0.15, -0.1) is 0 Å². The summed E-state index contributed by atoms with van der Waals surface area (Å²) < 4.78 is 0. The van der Waals surface area contributed by atoms with Crippen LogP contribution < -0.4 is 11.1 Å². The van der Waals surface area contributed by atoms with Gasteiger partial charge in [0.25, 0.3) is 0 Å². The first-order valence-electron chi connectivity index (χ1n) is 6.61. The zero-order chi connectivity index (χ0) is 11.8. The average Bonchev–Trinajstić information content (AvgIpc) is 2.54. The van der Waals surface area contributed by atoms with E-state index in [4.69, 9.17) is 5.73 Å². The number of hydrogen-bond acceptors (Lipinski definition) is 3.